The highest BCUT2D eigenvalue weighted by atomic mass is 16.5. The molecular weight excluding hydrogens is 468 g/mol. The smallest absolute Gasteiger partial charge is 0.222 e. The molecule has 0 fully saturated rings. The predicted molar refractivity (Wildman–Crippen MR) is 142 cm³/mol. The van der Waals surface area contributed by atoms with Crippen LogP contribution in [0, 0.1) is 0 Å². The van der Waals surface area contributed by atoms with Gasteiger partial charge in [0.05, 0.1) is 30.1 Å². The zero-order chi connectivity index (χ0) is 25.7. The summed E-state index contributed by atoms with van der Waals surface area (Å²) in [4.78, 5) is 16.0. The van der Waals surface area contributed by atoms with Gasteiger partial charge in [-0.3, -0.25) is 4.68 Å². The van der Waals surface area contributed by atoms with Crippen molar-refractivity contribution < 1.29 is 4.74 Å². The summed E-state index contributed by atoms with van der Waals surface area (Å²) < 4.78 is 12.2. The number of ether oxygens (including phenoxy) is 1. The molecule has 0 spiro atoms. The lowest BCUT2D eigenvalue weighted by atomic mass is 10.2. The van der Waals surface area contributed by atoms with E-state index in [1.165, 1.54) is 5.69 Å². The molecule has 1 N–H and O–H groups in total. The maximum atomic E-state index is 6.21. The average Bonchev–Trinajstić information content (AvgIpc) is 3.54. The van der Waals surface area contributed by atoms with Crippen molar-refractivity contribution in [2.75, 3.05) is 26.0 Å². The van der Waals surface area contributed by atoms with Gasteiger partial charge in [-0.2, -0.15) is 10.2 Å². The Hall–Kier alpha value is -4.25. The number of nitrogens with one attached hydrogen (secondary N) is 1. The van der Waals surface area contributed by atoms with E-state index in [0.717, 1.165) is 40.8 Å². The van der Waals surface area contributed by atoms with Crippen molar-refractivity contribution in [1.29, 1.82) is 0 Å². The van der Waals surface area contributed by atoms with Gasteiger partial charge in [0, 0.05) is 56.6 Å². The molecule has 6 rings (SSSR count). The van der Waals surface area contributed by atoms with Gasteiger partial charge in [0.15, 0.2) is 5.82 Å². The van der Waals surface area contributed by atoms with E-state index < -0.39 is 0 Å². The number of nitrogens with zero attached hydrogens (tertiary/aromatic N) is 9. The predicted octanol–water partition coefficient (Wildman–Crippen LogP) is 3.78. The van der Waals surface area contributed by atoms with Crippen LogP contribution in [0.2, 0.25) is 0 Å². The number of anilines is 2. The van der Waals surface area contributed by atoms with Crippen molar-refractivity contribution in [3.05, 3.63) is 48.5 Å². The second kappa shape index (κ2) is 9.00. The van der Waals surface area contributed by atoms with Gasteiger partial charge < -0.3 is 19.5 Å². The summed E-state index contributed by atoms with van der Waals surface area (Å²) in [7, 11) is 8.10. The third kappa shape index (κ3) is 4.10. The number of fused-ring (bicyclic) bond motifs is 5. The van der Waals surface area contributed by atoms with Crippen LogP contribution in [-0.4, -0.2) is 64.7 Å². The van der Waals surface area contributed by atoms with Gasteiger partial charge in [0.2, 0.25) is 5.88 Å². The molecule has 0 saturated carbocycles. The van der Waals surface area contributed by atoms with E-state index >= 15 is 0 Å². The molecule has 5 aromatic rings. The Morgan fingerprint density at radius 2 is 1.97 bits per heavy atom. The molecule has 4 bridgehead atoms. The summed E-state index contributed by atoms with van der Waals surface area (Å²) in [5, 5.41) is 13.8. The molecule has 5 aromatic heterocycles. The highest BCUT2D eigenvalue weighted by molar-refractivity contribution is 5.93. The second-order valence-electron chi connectivity index (χ2n) is 9.75. The number of rotatable bonds is 3. The molecule has 0 radical (unpaired) electrons. The summed E-state index contributed by atoms with van der Waals surface area (Å²) in [6, 6.07) is 8.24. The number of aryl methyl sites for hydroxylation is 1. The van der Waals surface area contributed by atoms with Crippen LogP contribution in [0.5, 0.6) is 5.88 Å². The molecule has 6 heterocycles. The summed E-state index contributed by atoms with van der Waals surface area (Å²) in [5.74, 6) is 2.51. The first-order valence-electron chi connectivity index (χ1n) is 12.3. The molecule has 1 aliphatic heterocycles. The Balaban J connectivity index is 1.47. The van der Waals surface area contributed by atoms with Crippen molar-refractivity contribution >= 4 is 22.5 Å². The first kappa shape index (κ1) is 23.2. The minimum absolute atomic E-state index is 0.0849. The van der Waals surface area contributed by atoms with E-state index in [2.05, 4.69) is 69.7 Å². The van der Waals surface area contributed by atoms with E-state index in [1.54, 1.807) is 17.1 Å². The largest absolute Gasteiger partial charge is 0.477 e. The lowest BCUT2D eigenvalue weighted by Crippen LogP contribution is -2.14. The number of aromatic nitrogens is 8. The third-order valence-electron chi connectivity index (χ3n) is 6.77. The number of hydrogen-bond acceptors (Lipinski definition) is 8. The van der Waals surface area contributed by atoms with E-state index in [1.807, 2.05) is 25.4 Å². The molecular formula is C26H30N10O. The average molecular weight is 499 g/mol. The third-order valence-corrected chi connectivity index (χ3v) is 6.77. The standard InChI is InChI=1S/C26H30N10O/c1-16-9-11-37-26-19(14-29-35(26)5)25-27-10-8-22(31-25)30-23-12-21-18(13-28-23)24(32-36(16)21)20-7-6-17(34(20)4)15-33(2)3/h6-8,10,12-14,16H,9,11,15H2,1-5H3,(H,27,28,30,31)/t16-/m0/s1. The summed E-state index contributed by atoms with van der Waals surface area (Å²) >= 11 is 0. The lowest BCUT2D eigenvalue weighted by molar-refractivity contribution is 0.260. The molecule has 0 unspecified atom stereocenters. The van der Waals surface area contributed by atoms with Gasteiger partial charge >= 0.3 is 0 Å². The van der Waals surface area contributed by atoms with Gasteiger partial charge in [-0.15, -0.1) is 0 Å². The van der Waals surface area contributed by atoms with E-state index in [4.69, 9.17) is 19.8 Å². The van der Waals surface area contributed by atoms with E-state index in [0.29, 0.717) is 29.9 Å². The molecule has 1 atom stereocenters. The van der Waals surface area contributed by atoms with Gasteiger partial charge in [-0.1, -0.05) is 0 Å². The van der Waals surface area contributed by atoms with Gasteiger partial charge in [-0.05, 0) is 39.2 Å². The zero-order valence-corrected chi connectivity index (χ0v) is 21.7. The summed E-state index contributed by atoms with van der Waals surface area (Å²) in [6.45, 7) is 3.51. The topological polar surface area (TPSA) is 104 Å². The summed E-state index contributed by atoms with van der Waals surface area (Å²) in [6.07, 6.45) is 6.10. The minimum Gasteiger partial charge on any atom is -0.477 e. The molecule has 190 valence electrons. The first-order chi connectivity index (χ1) is 17.9. The first-order valence-corrected chi connectivity index (χ1v) is 12.3. The van der Waals surface area contributed by atoms with Crippen molar-refractivity contribution in [2.45, 2.75) is 25.9 Å². The fourth-order valence-electron chi connectivity index (χ4n) is 4.79. The van der Waals surface area contributed by atoms with Crippen LogP contribution < -0.4 is 10.1 Å². The molecule has 0 aliphatic carbocycles. The Labute approximate surface area is 214 Å². The Kier molecular flexibility index (Phi) is 5.64. The van der Waals surface area contributed by atoms with Crippen molar-refractivity contribution in [1.82, 2.24) is 44.0 Å². The van der Waals surface area contributed by atoms with Crippen LogP contribution in [0.3, 0.4) is 0 Å². The molecule has 37 heavy (non-hydrogen) atoms. The number of hydrogen-bond donors (Lipinski definition) is 1. The van der Waals surface area contributed by atoms with E-state index in [-0.39, 0.29) is 6.04 Å². The van der Waals surface area contributed by atoms with Crippen molar-refractivity contribution in [3.63, 3.8) is 0 Å². The van der Waals surface area contributed by atoms with Crippen LogP contribution in [0.4, 0.5) is 11.6 Å². The molecule has 0 amide bonds. The zero-order valence-electron chi connectivity index (χ0n) is 21.7. The normalized spacial score (nSPS) is 15.5. The second-order valence-corrected chi connectivity index (χ2v) is 9.75. The number of pyridine rings is 1. The summed E-state index contributed by atoms with van der Waals surface area (Å²) in [5.41, 5.74) is 4.95. The maximum Gasteiger partial charge on any atom is 0.222 e. The van der Waals surface area contributed by atoms with Crippen LogP contribution in [0.1, 0.15) is 25.1 Å². The van der Waals surface area contributed by atoms with Crippen LogP contribution in [0.15, 0.2) is 42.9 Å². The lowest BCUT2D eigenvalue weighted by Gasteiger charge is -2.16. The minimum atomic E-state index is 0.0849. The van der Waals surface area contributed by atoms with Gasteiger partial charge in [0.25, 0.3) is 0 Å². The molecule has 11 nitrogen and oxygen atoms in total. The highest BCUT2D eigenvalue weighted by Gasteiger charge is 2.22. The van der Waals surface area contributed by atoms with Gasteiger partial charge in [-0.25, -0.2) is 19.6 Å². The fraction of sp³-hybridized carbons (Fsp3) is 0.346. The van der Waals surface area contributed by atoms with Crippen molar-refractivity contribution in [3.8, 4) is 28.7 Å². The highest BCUT2D eigenvalue weighted by Crippen LogP contribution is 2.34. The van der Waals surface area contributed by atoms with Crippen LogP contribution in [-0.2, 0) is 20.6 Å². The molecule has 0 saturated heterocycles. The quantitative estimate of drug-likeness (QED) is 0.401. The van der Waals surface area contributed by atoms with E-state index in [9.17, 15) is 0 Å². The maximum absolute atomic E-state index is 6.21. The molecule has 11 heteroatoms. The van der Waals surface area contributed by atoms with Crippen molar-refractivity contribution in [2.24, 2.45) is 14.1 Å². The SMILES string of the molecule is C[C@H]1CCOc2c(cnn2C)-c2nccc(n2)Nc2cc3c(cn2)c(-c2ccc(CN(C)C)n2C)nn31. The van der Waals surface area contributed by atoms with Crippen LogP contribution in [0.25, 0.3) is 33.7 Å². The van der Waals surface area contributed by atoms with Gasteiger partial charge in [0.1, 0.15) is 22.9 Å². The Morgan fingerprint density at radius 1 is 1.11 bits per heavy atom. The Morgan fingerprint density at radius 3 is 2.81 bits per heavy atom. The Bertz CT molecular complexity index is 1590. The van der Waals surface area contributed by atoms with Crippen LogP contribution >= 0.6 is 0 Å². The molecule has 0 aromatic carbocycles. The molecule has 1 aliphatic rings. The monoisotopic (exact) mass is 498 g/mol. The fourth-order valence-corrected chi connectivity index (χ4v) is 4.79.